The van der Waals surface area contributed by atoms with Gasteiger partial charge in [-0.15, -0.1) is 0 Å². The van der Waals surface area contributed by atoms with Gasteiger partial charge in [-0.1, -0.05) is 6.07 Å². The van der Waals surface area contributed by atoms with Gasteiger partial charge in [0.15, 0.2) is 0 Å². The third-order valence-electron chi connectivity index (χ3n) is 2.44. The van der Waals surface area contributed by atoms with Crippen molar-refractivity contribution in [3.63, 3.8) is 0 Å². The van der Waals surface area contributed by atoms with Crippen LogP contribution in [0, 0.1) is 6.92 Å². The van der Waals surface area contributed by atoms with Gasteiger partial charge in [0.25, 0.3) is 0 Å². The summed E-state index contributed by atoms with van der Waals surface area (Å²) in [4.78, 5) is 10.5. The standard InChI is InChI=1S/C12H14F3NO2/c1-7-3-4-9(6-10(7)12(13,14)15)16-8(2)5-11(17)18/h3-4,6,8,16H,5H2,1-2H3,(H,17,18). The highest BCUT2D eigenvalue weighted by atomic mass is 19.4. The molecule has 0 aliphatic carbocycles. The second kappa shape index (κ2) is 5.29. The smallest absolute Gasteiger partial charge is 0.416 e. The molecule has 0 saturated heterocycles. The van der Waals surface area contributed by atoms with Crippen molar-refractivity contribution in [1.82, 2.24) is 0 Å². The number of nitrogens with one attached hydrogen (secondary N) is 1. The summed E-state index contributed by atoms with van der Waals surface area (Å²) in [6.07, 6.45) is -4.56. The van der Waals surface area contributed by atoms with Crippen molar-refractivity contribution in [2.75, 3.05) is 5.32 Å². The van der Waals surface area contributed by atoms with E-state index in [1.54, 1.807) is 6.92 Å². The van der Waals surface area contributed by atoms with Gasteiger partial charge < -0.3 is 10.4 Å². The van der Waals surface area contributed by atoms with Crippen LogP contribution in [0.5, 0.6) is 0 Å². The lowest BCUT2D eigenvalue weighted by atomic mass is 10.1. The number of benzene rings is 1. The van der Waals surface area contributed by atoms with Crippen molar-refractivity contribution < 1.29 is 23.1 Å². The van der Waals surface area contributed by atoms with Gasteiger partial charge in [0, 0.05) is 11.7 Å². The minimum atomic E-state index is -4.40. The van der Waals surface area contributed by atoms with Gasteiger partial charge in [-0.2, -0.15) is 13.2 Å². The summed E-state index contributed by atoms with van der Waals surface area (Å²) in [5, 5.41) is 11.3. The van der Waals surface area contributed by atoms with Crippen LogP contribution in [-0.4, -0.2) is 17.1 Å². The average molecular weight is 261 g/mol. The van der Waals surface area contributed by atoms with Crippen molar-refractivity contribution in [3.05, 3.63) is 29.3 Å². The van der Waals surface area contributed by atoms with Gasteiger partial charge in [-0.05, 0) is 31.5 Å². The van der Waals surface area contributed by atoms with Gasteiger partial charge in [-0.25, -0.2) is 0 Å². The summed E-state index contributed by atoms with van der Waals surface area (Å²) < 4.78 is 38.0. The molecule has 1 unspecified atom stereocenters. The topological polar surface area (TPSA) is 49.3 Å². The Morgan fingerprint density at radius 2 is 2.06 bits per heavy atom. The third-order valence-corrected chi connectivity index (χ3v) is 2.44. The Bertz CT molecular complexity index is 443. The lowest BCUT2D eigenvalue weighted by molar-refractivity contribution is -0.138. The molecule has 0 heterocycles. The van der Waals surface area contributed by atoms with Crippen molar-refractivity contribution >= 4 is 11.7 Å². The fraction of sp³-hybridized carbons (Fsp3) is 0.417. The highest BCUT2D eigenvalue weighted by Gasteiger charge is 2.32. The van der Waals surface area contributed by atoms with Crippen molar-refractivity contribution in [2.24, 2.45) is 0 Å². The molecule has 0 bridgehead atoms. The van der Waals surface area contributed by atoms with Crippen LogP contribution >= 0.6 is 0 Å². The fourth-order valence-corrected chi connectivity index (χ4v) is 1.61. The quantitative estimate of drug-likeness (QED) is 0.874. The van der Waals surface area contributed by atoms with Gasteiger partial charge in [0.05, 0.1) is 12.0 Å². The molecule has 0 fully saturated rings. The Morgan fingerprint density at radius 3 is 2.56 bits per heavy atom. The van der Waals surface area contributed by atoms with Gasteiger partial charge in [-0.3, -0.25) is 4.79 Å². The first-order valence-corrected chi connectivity index (χ1v) is 5.36. The van der Waals surface area contributed by atoms with E-state index in [1.807, 2.05) is 0 Å². The largest absolute Gasteiger partial charge is 0.481 e. The molecule has 6 heteroatoms. The molecule has 0 spiro atoms. The second-order valence-electron chi connectivity index (χ2n) is 4.17. The van der Waals surface area contributed by atoms with Crippen LogP contribution in [-0.2, 0) is 11.0 Å². The first kappa shape index (κ1) is 14.3. The number of aryl methyl sites for hydroxylation is 1. The van der Waals surface area contributed by atoms with Crippen LogP contribution in [0.15, 0.2) is 18.2 Å². The maximum absolute atomic E-state index is 12.7. The van der Waals surface area contributed by atoms with Crippen LogP contribution in [0.25, 0.3) is 0 Å². The Balaban J connectivity index is 2.89. The molecule has 0 aromatic heterocycles. The summed E-state index contributed by atoms with van der Waals surface area (Å²) >= 11 is 0. The predicted molar refractivity (Wildman–Crippen MR) is 61.5 cm³/mol. The zero-order valence-corrected chi connectivity index (χ0v) is 10.0. The Kier molecular flexibility index (Phi) is 4.21. The molecule has 0 aliphatic rings. The van der Waals surface area contributed by atoms with Crippen LogP contribution in [0.3, 0.4) is 0 Å². The van der Waals surface area contributed by atoms with E-state index in [2.05, 4.69) is 5.32 Å². The van der Waals surface area contributed by atoms with Crippen LogP contribution < -0.4 is 5.32 Å². The predicted octanol–water partition coefficient (Wildman–Crippen LogP) is 3.29. The molecule has 0 amide bonds. The Hall–Kier alpha value is -1.72. The van der Waals surface area contributed by atoms with Crippen molar-refractivity contribution in [1.29, 1.82) is 0 Å². The fourth-order valence-electron chi connectivity index (χ4n) is 1.61. The minimum absolute atomic E-state index is 0.138. The number of rotatable bonds is 4. The molecule has 1 aromatic carbocycles. The maximum atomic E-state index is 12.7. The van der Waals surface area contributed by atoms with E-state index in [0.29, 0.717) is 0 Å². The summed E-state index contributed by atoms with van der Waals surface area (Å²) in [7, 11) is 0. The molecule has 0 radical (unpaired) electrons. The zero-order chi connectivity index (χ0) is 13.9. The van der Waals surface area contributed by atoms with E-state index in [4.69, 9.17) is 5.11 Å². The molecule has 1 atom stereocenters. The molecule has 3 nitrogen and oxygen atoms in total. The molecular weight excluding hydrogens is 247 g/mol. The number of alkyl halides is 3. The average Bonchev–Trinajstić information content (AvgIpc) is 2.17. The van der Waals surface area contributed by atoms with E-state index < -0.39 is 23.8 Å². The highest BCUT2D eigenvalue weighted by Crippen LogP contribution is 2.33. The zero-order valence-electron chi connectivity index (χ0n) is 10.0. The van der Waals surface area contributed by atoms with E-state index >= 15 is 0 Å². The number of aliphatic carboxylic acids is 1. The van der Waals surface area contributed by atoms with Crippen LogP contribution in [0.4, 0.5) is 18.9 Å². The number of halogens is 3. The molecule has 2 N–H and O–H groups in total. The normalized spacial score (nSPS) is 13.2. The lowest BCUT2D eigenvalue weighted by Gasteiger charge is -2.16. The van der Waals surface area contributed by atoms with Gasteiger partial charge in [0.2, 0.25) is 0 Å². The maximum Gasteiger partial charge on any atom is 0.416 e. The highest BCUT2D eigenvalue weighted by molar-refractivity contribution is 5.68. The molecule has 1 aromatic rings. The number of carboxylic acid groups (broad SMARTS) is 1. The number of hydrogen-bond acceptors (Lipinski definition) is 2. The van der Waals surface area contributed by atoms with Gasteiger partial charge >= 0.3 is 12.1 Å². The van der Waals surface area contributed by atoms with E-state index in [0.717, 1.165) is 6.07 Å². The van der Waals surface area contributed by atoms with Crippen LogP contribution in [0.2, 0.25) is 0 Å². The monoisotopic (exact) mass is 261 g/mol. The number of carbonyl (C=O) groups is 1. The summed E-state index contributed by atoms with van der Waals surface area (Å²) in [6.45, 7) is 2.98. The molecule has 100 valence electrons. The van der Waals surface area contributed by atoms with Crippen molar-refractivity contribution in [2.45, 2.75) is 32.5 Å². The van der Waals surface area contributed by atoms with E-state index in [9.17, 15) is 18.0 Å². The SMILES string of the molecule is Cc1ccc(NC(C)CC(=O)O)cc1C(F)(F)F. The first-order chi connectivity index (χ1) is 8.20. The number of anilines is 1. The van der Waals surface area contributed by atoms with E-state index in [1.165, 1.54) is 19.1 Å². The second-order valence-corrected chi connectivity index (χ2v) is 4.17. The minimum Gasteiger partial charge on any atom is -0.481 e. The van der Waals surface area contributed by atoms with Crippen LogP contribution in [0.1, 0.15) is 24.5 Å². The Morgan fingerprint density at radius 1 is 1.44 bits per heavy atom. The Labute approximate surface area is 103 Å². The third kappa shape index (κ3) is 3.94. The van der Waals surface area contributed by atoms with Gasteiger partial charge in [0.1, 0.15) is 0 Å². The summed E-state index contributed by atoms with van der Waals surface area (Å²) in [5.74, 6) is -1.00. The number of hydrogen-bond donors (Lipinski definition) is 2. The number of carboxylic acids is 1. The summed E-state index contributed by atoms with van der Waals surface area (Å²) in [5.41, 5.74) is -0.310. The molecule has 0 aliphatic heterocycles. The molecule has 0 saturated carbocycles. The molecule has 1 rings (SSSR count). The molecule has 18 heavy (non-hydrogen) atoms. The first-order valence-electron chi connectivity index (χ1n) is 5.36. The van der Waals surface area contributed by atoms with Crippen molar-refractivity contribution in [3.8, 4) is 0 Å². The summed E-state index contributed by atoms with van der Waals surface area (Å²) in [6, 6.07) is 3.42. The molecular formula is C12H14F3NO2. The van der Waals surface area contributed by atoms with E-state index in [-0.39, 0.29) is 17.7 Å². The lowest BCUT2D eigenvalue weighted by Crippen LogP contribution is -2.19.